The van der Waals surface area contributed by atoms with Gasteiger partial charge in [-0.3, -0.25) is 9.52 Å². The SMILES string of the molecule is CC(=O)N1C[C@@H](C)Oc2ccc(S(=O)(=O)Nc3ccccc3C(F)(F)F)cc21. The fourth-order valence-corrected chi connectivity index (χ4v) is 4.00. The predicted octanol–water partition coefficient (Wildman–Crippen LogP) is 3.64. The van der Waals surface area contributed by atoms with E-state index in [-0.39, 0.29) is 29.1 Å². The van der Waals surface area contributed by atoms with Crippen LogP contribution < -0.4 is 14.4 Å². The molecule has 0 saturated carbocycles. The van der Waals surface area contributed by atoms with Crippen molar-refractivity contribution in [2.24, 2.45) is 0 Å². The van der Waals surface area contributed by atoms with Gasteiger partial charge in [0.1, 0.15) is 11.9 Å². The number of hydrogen-bond acceptors (Lipinski definition) is 4. The number of halogens is 3. The van der Waals surface area contributed by atoms with E-state index in [1.807, 2.05) is 4.72 Å². The zero-order valence-electron chi connectivity index (χ0n) is 14.9. The highest BCUT2D eigenvalue weighted by atomic mass is 32.2. The Hall–Kier alpha value is -2.75. The second kappa shape index (κ2) is 7.01. The molecule has 0 bridgehead atoms. The second-order valence-electron chi connectivity index (χ2n) is 6.34. The molecule has 1 aliphatic heterocycles. The van der Waals surface area contributed by atoms with E-state index in [2.05, 4.69) is 0 Å². The number of alkyl halides is 3. The number of rotatable bonds is 3. The Morgan fingerprint density at radius 1 is 1.21 bits per heavy atom. The zero-order chi connectivity index (χ0) is 20.7. The molecule has 10 heteroatoms. The summed E-state index contributed by atoms with van der Waals surface area (Å²) in [7, 11) is -4.34. The van der Waals surface area contributed by atoms with E-state index in [0.717, 1.165) is 12.1 Å². The number of sulfonamides is 1. The Bertz CT molecular complexity index is 1020. The number of nitrogens with one attached hydrogen (secondary N) is 1. The number of hydrogen-bond donors (Lipinski definition) is 1. The maximum absolute atomic E-state index is 13.1. The first-order valence-electron chi connectivity index (χ1n) is 8.27. The number of anilines is 2. The summed E-state index contributed by atoms with van der Waals surface area (Å²) in [6.45, 7) is 3.33. The van der Waals surface area contributed by atoms with Crippen LogP contribution in [0.3, 0.4) is 0 Å². The number of nitrogens with zero attached hydrogens (tertiary/aromatic N) is 1. The molecule has 1 aliphatic rings. The molecule has 1 N–H and O–H groups in total. The van der Waals surface area contributed by atoms with Crippen LogP contribution in [0.1, 0.15) is 19.4 Å². The Balaban J connectivity index is 2.01. The van der Waals surface area contributed by atoms with Gasteiger partial charge in [0.25, 0.3) is 10.0 Å². The third-order valence-corrected chi connectivity index (χ3v) is 5.52. The Morgan fingerprint density at radius 2 is 1.89 bits per heavy atom. The van der Waals surface area contributed by atoms with Gasteiger partial charge < -0.3 is 9.64 Å². The van der Waals surface area contributed by atoms with E-state index >= 15 is 0 Å². The molecule has 28 heavy (non-hydrogen) atoms. The second-order valence-corrected chi connectivity index (χ2v) is 8.02. The highest BCUT2D eigenvalue weighted by Crippen LogP contribution is 2.38. The van der Waals surface area contributed by atoms with E-state index < -0.39 is 27.5 Å². The van der Waals surface area contributed by atoms with E-state index in [0.29, 0.717) is 5.75 Å². The zero-order valence-corrected chi connectivity index (χ0v) is 15.8. The molecule has 2 aromatic carbocycles. The van der Waals surface area contributed by atoms with Gasteiger partial charge in [0.05, 0.1) is 28.4 Å². The fraction of sp³-hybridized carbons (Fsp3) is 0.278. The number of benzene rings is 2. The first-order chi connectivity index (χ1) is 13.0. The first kappa shape index (κ1) is 20.0. The average Bonchev–Trinajstić information content (AvgIpc) is 2.59. The van der Waals surface area contributed by atoms with Gasteiger partial charge in [-0.2, -0.15) is 13.2 Å². The van der Waals surface area contributed by atoms with Gasteiger partial charge in [-0.15, -0.1) is 0 Å². The van der Waals surface area contributed by atoms with Crippen LogP contribution in [0, 0.1) is 0 Å². The number of carbonyl (C=O) groups is 1. The maximum atomic E-state index is 13.1. The maximum Gasteiger partial charge on any atom is 0.418 e. The highest BCUT2D eigenvalue weighted by molar-refractivity contribution is 7.92. The topological polar surface area (TPSA) is 75.7 Å². The van der Waals surface area contributed by atoms with Crippen molar-refractivity contribution in [1.29, 1.82) is 0 Å². The summed E-state index contributed by atoms with van der Waals surface area (Å²) in [5.74, 6) is 0.0184. The van der Waals surface area contributed by atoms with E-state index in [1.165, 1.54) is 42.2 Å². The van der Waals surface area contributed by atoms with Crippen LogP contribution in [-0.4, -0.2) is 27.0 Å². The van der Waals surface area contributed by atoms with Crippen molar-refractivity contribution in [3.63, 3.8) is 0 Å². The van der Waals surface area contributed by atoms with Crippen molar-refractivity contribution in [3.05, 3.63) is 48.0 Å². The highest BCUT2D eigenvalue weighted by Gasteiger charge is 2.34. The van der Waals surface area contributed by atoms with Crippen LogP contribution in [0.15, 0.2) is 47.4 Å². The molecule has 0 radical (unpaired) electrons. The largest absolute Gasteiger partial charge is 0.487 e. The summed E-state index contributed by atoms with van der Waals surface area (Å²) in [5, 5.41) is 0. The summed E-state index contributed by atoms with van der Waals surface area (Å²) in [5.41, 5.74) is -1.43. The minimum absolute atomic E-state index is 0.232. The van der Waals surface area contributed by atoms with Crippen molar-refractivity contribution in [3.8, 4) is 5.75 Å². The van der Waals surface area contributed by atoms with Crippen LogP contribution in [0.2, 0.25) is 0 Å². The normalized spacial score (nSPS) is 16.9. The van der Waals surface area contributed by atoms with Crippen LogP contribution in [0.25, 0.3) is 0 Å². The van der Waals surface area contributed by atoms with Crippen molar-refractivity contribution >= 4 is 27.3 Å². The molecule has 0 aromatic heterocycles. The molecule has 0 aliphatic carbocycles. The molecule has 0 unspecified atom stereocenters. The van der Waals surface area contributed by atoms with E-state index in [1.54, 1.807) is 6.92 Å². The third kappa shape index (κ3) is 3.91. The minimum Gasteiger partial charge on any atom is -0.487 e. The third-order valence-electron chi connectivity index (χ3n) is 4.16. The number of fused-ring (bicyclic) bond motifs is 1. The van der Waals surface area contributed by atoms with Crippen LogP contribution in [0.4, 0.5) is 24.5 Å². The van der Waals surface area contributed by atoms with Gasteiger partial charge in [-0.1, -0.05) is 12.1 Å². The molecular weight excluding hydrogens is 397 g/mol. The van der Waals surface area contributed by atoms with Crippen LogP contribution in [-0.2, 0) is 21.0 Å². The van der Waals surface area contributed by atoms with Gasteiger partial charge in [0, 0.05) is 6.92 Å². The molecule has 3 rings (SSSR count). The molecule has 150 valence electrons. The minimum atomic E-state index is -4.72. The van der Waals surface area contributed by atoms with Crippen LogP contribution in [0.5, 0.6) is 5.75 Å². The fourth-order valence-electron chi connectivity index (χ4n) is 2.91. The molecule has 0 saturated heterocycles. The molecule has 1 atom stereocenters. The first-order valence-corrected chi connectivity index (χ1v) is 9.75. The molecule has 2 aromatic rings. The lowest BCUT2D eigenvalue weighted by Gasteiger charge is -2.33. The van der Waals surface area contributed by atoms with Crippen molar-refractivity contribution in [2.45, 2.75) is 31.0 Å². The summed E-state index contributed by atoms with van der Waals surface area (Å²) < 4.78 is 72.3. The molecule has 1 amide bonds. The van der Waals surface area contributed by atoms with E-state index in [4.69, 9.17) is 4.74 Å². The lowest BCUT2D eigenvalue weighted by Crippen LogP contribution is -2.41. The smallest absolute Gasteiger partial charge is 0.418 e. The summed E-state index contributed by atoms with van der Waals surface area (Å²) in [4.78, 5) is 13.0. The van der Waals surface area contributed by atoms with Crippen LogP contribution >= 0.6 is 0 Å². The Morgan fingerprint density at radius 3 is 2.54 bits per heavy atom. The van der Waals surface area contributed by atoms with Crippen molar-refractivity contribution in [2.75, 3.05) is 16.2 Å². The van der Waals surface area contributed by atoms with Crippen molar-refractivity contribution in [1.82, 2.24) is 0 Å². The van der Waals surface area contributed by atoms with Gasteiger partial charge in [-0.25, -0.2) is 8.42 Å². The molecule has 1 heterocycles. The van der Waals surface area contributed by atoms with Gasteiger partial charge in [-0.05, 0) is 37.3 Å². The molecule has 6 nitrogen and oxygen atoms in total. The van der Waals surface area contributed by atoms with Gasteiger partial charge >= 0.3 is 6.18 Å². The average molecular weight is 414 g/mol. The number of para-hydroxylation sites is 1. The number of ether oxygens (including phenoxy) is 1. The van der Waals surface area contributed by atoms with Gasteiger partial charge in [0.15, 0.2) is 0 Å². The summed E-state index contributed by atoms with van der Waals surface area (Å²) >= 11 is 0. The molecular formula is C18H17F3N2O4S. The standard InChI is InChI=1S/C18H17F3N2O4S/c1-11-10-23(12(2)24)16-9-13(7-8-17(16)27-11)28(25,26)22-15-6-4-3-5-14(15)18(19,20)21/h3-9,11,22H,10H2,1-2H3/t11-/m1/s1. The quantitative estimate of drug-likeness (QED) is 0.832. The molecule has 0 spiro atoms. The lowest BCUT2D eigenvalue weighted by atomic mass is 10.2. The van der Waals surface area contributed by atoms with Gasteiger partial charge in [0.2, 0.25) is 5.91 Å². The monoisotopic (exact) mass is 414 g/mol. The Labute approximate surface area is 160 Å². The van der Waals surface area contributed by atoms with Crippen molar-refractivity contribution < 1.29 is 31.1 Å². The summed E-state index contributed by atoms with van der Waals surface area (Å²) in [6, 6.07) is 8.10. The Kier molecular flexibility index (Phi) is 5.00. The predicted molar refractivity (Wildman–Crippen MR) is 96.8 cm³/mol. The lowest BCUT2D eigenvalue weighted by molar-refractivity contribution is -0.136. The van der Waals surface area contributed by atoms with E-state index in [9.17, 15) is 26.4 Å². The molecule has 0 fully saturated rings. The number of carbonyl (C=O) groups excluding carboxylic acids is 1. The summed E-state index contributed by atoms with van der Waals surface area (Å²) in [6.07, 6.45) is -5.00. The number of amides is 1.